The van der Waals surface area contributed by atoms with Crippen molar-refractivity contribution < 1.29 is 5.11 Å². The molecule has 0 fully saturated rings. The predicted octanol–water partition coefficient (Wildman–Crippen LogP) is 1.77. The Morgan fingerprint density at radius 1 is 1.33 bits per heavy atom. The minimum absolute atomic E-state index is 0.199. The van der Waals surface area contributed by atoms with Crippen LogP contribution in [0.2, 0.25) is 0 Å². The van der Waals surface area contributed by atoms with Gasteiger partial charge in [0, 0.05) is 0 Å². The van der Waals surface area contributed by atoms with Crippen LogP contribution in [0.25, 0.3) is 0 Å². The van der Waals surface area contributed by atoms with Crippen LogP contribution in [0.3, 0.4) is 0 Å². The molecule has 0 spiro atoms. The zero-order chi connectivity index (χ0) is 9.56. The number of aliphatic hydroxyl groups is 1. The maximum atomic E-state index is 9.73. The predicted molar refractivity (Wildman–Crippen MR) is 52.9 cm³/mol. The molecule has 0 aliphatic heterocycles. The number of rotatable bonds is 6. The molecule has 3 N–H and O–H groups in total. The molecule has 2 heteroatoms. The molecule has 0 saturated carbocycles. The molecular formula is C10H23NO. The zero-order valence-corrected chi connectivity index (χ0v) is 8.59. The van der Waals surface area contributed by atoms with Crippen LogP contribution >= 0.6 is 0 Å². The van der Waals surface area contributed by atoms with Gasteiger partial charge in [-0.1, -0.05) is 27.2 Å². The Kier molecular flexibility index (Phi) is 6.39. The Hall–Kier alpha value is -0.0800. The van der Waals surface area contributed by atoms with Gasteiger partial charge >= 0.3 is 0 Å². The van der Waals surface area contributed by atoms with Gasteiger partial charge in [-0.2, -0.15) is 0 Å². The third-order valence-corrected chi connectivity index (χ3v) is 2.22. The molecule has 0 aromatic rings. The summed E-state index contributed by atoms with van der Waals surface area (Å²) in [6.45, 7) is 7.00. The van der Waals surface area contributed by atoms with Gasteiger partial charge in [0.15, 0.2) is 0 Å². The molecule has 0 amide bonds. The van der Waals surface area contributed by atoms with Crippen molar-refractivity contribution in [2.45, 2.75) is 46.1 Å². The lowest BCUT2D eigenvalue weighted by Gasteiger charge is -2.22. The molecule has 2 atom stereocenters. The van der Waals surface area contributed by atoms with Crippen LogP contribution in [-0.4, -0.2) is 17.8 Å². The molecule has 0 bridgehead atoms. The smallest absolute Gasteiger partial charge is 0.0582 e. The summed E-state index contributed by atoms with van der Waals surface area (Å²) in [6, 6.07) is 0. The van der Waals surface area contributed by atoms with E-state index in [9.17, 15) is 5.11 Å². The van der Waals surface area contributed by atoms with Crippen molar-refractivity contribution in [3.63, 3.8) is 0 Å². The number of hydrogen-bond acceptors (Lipinski definition) is 2. The molecule has 2 unspecified atom stereocenters. The molecule has 0 aromatic carbocycles. The monoisotopic (exact) mass is 173 g/mol. The van der Waals surface area contributed by atoms with Gasteiger partial charge in [0.25, 0.3) is 0 Å². The summed E-state index contributed by atoms with van der Waals surface area (Å²) in [7, 11) is 0. The molecule has 0 aliphatic rings. The van der Waals surface area contributed by atoms with E-state index in [2.05, 4.69) is 20.8 Å². The molecule has 0 heterocycles. The van der Waals surface area contributed by atoms with E-state index in [4.69, 9.17) is 5.73 Å². The van der Waals surface area contributed by atoms with Gasteiger partial charge in [-0.3, -0.25) is 0 Å². The first-order chi connectivity index (χ1) is 5.61. The molecule has 0 aliphatic carbocycles. The SMILES string of the molecule is CCCC(CN)C(O)CC(C)C. The minimum atomic E-state index is -0.199. The first-order valence-corrected chi connectivity index (χ1v) is 4.99. The average Bonchev–Trinajstić information content (AvgIpc) is 1.98. The first-order valence-electron chi connectivity index (χ1n) is 4.99. The van der Waals surface area contributed by atoms with E-state index in [1.165, 1.54) is 0 Å². The molecule has 74 valence electrons. The summed E-state index contributed by atoms with van der Waals surface area (Å²) in [6.07, 6.45) is 2.83. The summed E-state index contributed by atoms with van der Waals surface area (Å²) in [4.78, 5) is 0. The summed E-state index contributed by atoms with van der Waals surface area (Å²) in [5.41, 5.74) is 5.58. The molecule has 2 nitrogen and oxygen atoms in total. The van der Waals surface area contributed by atoms with Gasteiger partial charge in [0.1, 0.15) is 0 Å². The van der Waals surface area contributed by atoms with Crippen LogP contribution in [0.4, 0.5) is 0 Å². The zero-order valence-electron chi connectivity index (χ0n) is 8.59. The molecule has 12 heavy (non-hydrogen) atoms. The maximum Gasteiger partial charge on any atom is 0.0582 e. The van der Waals surface area contributed by atoms with Gasteiger partial charge in [-0.25, -0.2) is 0 Å². The highest BCUT2D eigenvalue weighted by Crippen LogP contribution is 2.16. The molecule has 0 aromatic heterocycles. The van der Waals surface area contributed by atoms with Crippen molar-refractivity contribution in [2.75, 3.05) is 6.54 Å². The normalized spacial score (nSPS) is 16.5. The van der Waals surface area contributed by atoms with E-state index in [1.807, 2.05) is 0 Å². The van der Waals surface area contributed by atoms with Crippen molar-refractivity contribution >= 4 is 0 Å². The van der Waals surface area contributed by atoms with Crippen LogP contribution in [-0.2, 0) is 0 Å². The van der Waals surface area contributed by atoms with Crippen molar-refractivity contribution in [3.8, 4) is 0 Å². The quantitative estimate of drug-likeness (QED) is 0.643. The third kappa shape index (κ3) is 4.73. The standard InChI is InChI=1S/C10H23NO/c1-4-5-9(7-11)10(12)6-8(2)3/h8-10,12H,4-7,11H2,1-3H3. The lowest BCUT2D eigenvalue weighted by atomic mass is 9.91. The summed E-state index contributed by atoms with van der Waals surface area (Å²) in [5, 5.41) is 9.73. The fourth-order valence-electron chi connectivity index (χ4n) is 1.51. The Morgan fingerprint density at radius 2 is 1.92 bits per heavy atom. The molecule has 0 saturated heterocycles. The highest BCUT2D eigenvalue weighted by atomic mass is 16.3. The fraction of sp³-hybridized carbons (Fsp3) is 1.00. The highest BCUT2D eigenvalue weighted by molar-refractivity contribution is 4.70. The van der Waals surface area contributed by atoms with E-state index in [1.54, 1.807) is 0 Å². The Balaban J connectivity index is 3.76. The van der Waals surface area contributed by atoms with E-state index in [0.717, 1.165) is 19.3 Å². The van der Waals surface area contributed by atoms with E-state index < -0.39 is 0 Å². The van der Waals surface area contributed by atoms with Crippen molar-refractivity contribution in [3.05, 3.63) is 0 Å². The maximum absolute atomic E-state index is 9.73. The van der Waals surface area contributed by atoms with Gasteiger partial charge in [0.05, 0.1) is 6.10 Å². The van der Waals surface area contributed by atoms with E-state index >= 15 is 0 Å². The van der Waals surface area contributed by atoms with Crippen molar-refractivity contribution in [2.24, 2.45) is 17.6 Å². The summed E-state index contributed by atoms with van der Waals surface area (Å²) < 4.78 is 0. The largest absolute Gasteiger partial charge is 0.393 e. The second kappa shape index (κ2) is 6.44. The Morgan fingerprint density at radius 3 is 2.25 bits per heavy atom. The van der Waals surface area contributed by atoms with E-state index in [0.29, 0.717) is 18.4 Å². The van der Waals surface area contributed by atoms with E-state index in [-0.39, 0.29) is 6.10 Å². The van der Waals surface area contributed by atoms with Crippen molar-refractivity contribution in [1.29, 1.82) is 0 Å². The number of aliphatic hydroxyl groups excluding tert-OH is 1. The molecule has 0 radical (unpaired) electrons. The van der Waals surface area contributed by atoms with Gasteiger partial charge < -0.3 is 10.8 Å². The summed E-state index contributed by atoms with van der Waals surface area (Å²) >= 11 is 0. The fourth-order valence-corrected chi connectivity index (χ4v) is 1.51. The van der Waals surface area contributed by atoms with Gasteiger partial charge in [-0.15, -0.1) is 0 Å². The van der Waals surface area contributed by atoms with Crippen molar-refractivity contribution in [1.82, 2.24) is 0 Å². The third-order valence-electron chi connectivity index (χ3n) is 2.22. The topological polar surface area (TPSA) is 46.2 Å². The lowest BCUT2D eigenvalue weighted by Crippen LogP contribution is -2.28. The van der Waals surface area contributed by atoms with Crippen LogP contribution in [0.1, 0.15) is 40.0 Å². The van der Waals surface area contributed by atoms with Gasteiger partial charge in [-0.05, 0) is 31.2 Å². The highest BCUT2D eigenvalue weighted by Gasteiger charge is 2.17. The first kappa shape index (κ1) is 11.9. The molecular weight excluding hydrogens is 150 g/mol. The van der Waals surface area contributed by atoms with Crippen LogP contribution in [0.5, 0.6) is 0 Å². The second-order valence-corrected chi connectivity index (χ2v) is 3.98. The lowest BCUT2D eigenvalue weighted by molar-refractivity contribution is 0.0853. The summed E-state index contributed by atoms with van der Waals surface area (Å²) in [5.74, 6) is 0.864. The Labute approximate surface area is 76.2 Å². The van der Waals surface area contributed by atoms with Crippen LogP contribution in [0, 0.1) is 11.8 Å². The average molecular weight is 173 g/mol. The van der Waals surface area contributed by atoms with Crippen LogP contribution < -0.4 is 5.73 Å². The van der Waals surface area contributed by atoms with Gasteiger partial charge in [0.2, 0.25) is 0 Å². The molecule has 0 rings (SSSR count). The number of nitrogens with two attached hydrogens (primary N) is 1. The number of hydrogen-bond donors (Lipinski definition) is 2. The van der Waals surface area contributed by atoms with Crippen LogP contribution in [0.15, 0.2) is 0 Å². The minimum Gasteiger partial charge on any atom is -0.393 e. The Bertz CT molecular complexity index is 104. The second-order valence-electron chi connectivity index (χ2n) is 3.98.